The van der Waals surface area contributed by atoms with Gasteiger partial charge >= 0.3 is 0 Å². The minimum atomic E-state index is -3.44. The van der Waals surface area contributed by atoms with Gasteiger partial charge < -0.3 is 27.6 Å². The number of aryl methyl sites for hydroxylation is 5. The fourth-order valence-corrected chi connectivity index (χ4v) is 19.7. The van der Waals surface area contributed by atoms with Crippen LogP contribution in [0.3, 0.4) is 0 Å². The predicted octanol–water partition coefficient (Wildman–Crippen LogP) is 26.4. The summed E-state index contributed by atoms with van der Waals surface area (Å²) in [7, 11) is -3.44. The van der Waals surface area contributed by atoms with Gasteiger partial charge in [-0.05, 0) is 252 Å². The molecule has 24 aromatic rings. The van der Waals surface area contributed by atoms with Gasteiger partial charge in [0.15, 0.2) is 0 Å². The first-order chi connectivity index (χ1) is 65.3. The molecule has 133 heavy (non-hydrogen) atoms. The third-order valence-electron chi connectivity index (χ3n) is 24.6. The lowest BCUT2D eigenvalue weighted by molar-refractivity contribution is 0.323. The van der Waals surface area contributed by atoms with Crippen LogP contribution < -0.4 is 4.74 Å². The zero-order valence-corrected chi connectivity index (χ0v) is 76.2. The zero-order chi connectivity index (χ0) is 90.6. The summed E-state index contributed by atoms with van der Waals surface area (Å²) in [5.41, 5.74) is 26.0. The molecule has 0 atom stereocenters. The van der Waals surface area contributed by atoms with E-state index in [1.165, 1.54) is 115 Å². The summed E-state index contributed by atoms with van der Waals surface area (Å²) in [5.74, 6) is 1.64. The van der Waals surface area contributed by atoms with Crippen molar-refractivity contribution >= 4 is 137 Å². The van der Waals surface area contributed by atoms with Gasteiger partial charge in [0.1, 0.15) is 11.5 Å². The van der Waals surface area contributed by atoms with E-state index in [0.29, 0.717) is 6.42 Å². The van der Waals surface area contributed by atoms with Crippen molar-refractivity contribution in [1.29, 1.82) is 0 Å². The van der Waals surface area contributed by atoms with Crippen molar-refractivity contribution in [2.75, 3.05) is 12.9 Å². The molecule has 0 bridgehead atoms. The number of ether oxygens (including phenoxy) is 1. The Hall–Kier alpha value is -16.0. The van der Waals surface area contributed by atoms with Gasteiger partial charge in [-0.25, -0.2) is 23.4 Å². The molecule has 0 aliphatic heterocycles. The third kappa shape index (κ3) is 16.5. The molecule has 0 unspecified atom stereocenters. The lowest BCUT2D eigenvalue weighted by atomic mass is 10.1. The Morgan fingerprint density at radius 1 is 0.323 bits per heavy atom. The Bertz CT molecular complexity index is 8450. The number of rotatable bonds is 20. The van der Waals surface area contributed by atoms with Gasteiger partial charge in [0, 0.05) is 183 Å². The van der Waals surface area contributed by atoms with E-state index in [1.807, 2.05) is 145 Å². The summed E-state index contributed by atoms with van der Waals surface area (Å²) in [6, 6.07) is 111. The monoisotopic (exact) mass is 1780 g/mol. The number of para-hydroxylation sites is 6. The first kappa shape index (κ1) is 85.1. The van der Waals surface area contributed by atoms with Gasteiger partial charge in [-0.1, -0.05) is 122 Å². The van der Waals surface area contributed by atoms with Crippen molar-refractivity contribution in [3.05, 3.63) is 387 Å². The minimum Gasteiger partial charge on any atom is -0.457 e. The van der Waals surface area contributed by atoms with Crippen LogP contribution in [0.15, 0.2) is 376 Å². The molecule has 12 aromatic carbocycles. The SMILES string of the molecule is C=Cc1ccnn1-c1ccc2c(c1)c1ccccc1n2CC.CCn1c2ccccc2c2cc(-n3nccc3-c3ccc(Oc4ccccc4)cc3)ccc21.CCn1c2ccccc2c2cc(-n3nccc3-c3ccccn3)ccc21.CCn1c2ccccc2c2cc(-n3nccc3-c3ccsc3)ccc21.CCn1c2ccccc2c2cc(-n3nccc3CCOS(C)(=O)=O)ccc21. The van der Waals surface area contributed by atoms with Crippen LogP contribution in [-0.4, -0.2) is 98.0 Å². The highest BCUT2D eigenvalue weighted by molar-refractivity contribution is 7.86. The standard InChI is InChI=1S/C29H23N3O.C22H18N4.C21H17N3S.C20H21N3O3S.C19H17N3/c1-2-31-28-11-7-6-10-25(28)26-20-22(14-17-29(26)31)32-27(18-19-30-32)21-12-15-24(16-13-21)33-23-8-4-3-5-9-23;1-2-25-20-9-4-3-7-17(20)18-15-16(10-11-21(18)25)26-22(12-14-24-26)19-8-5-6-13-23-19;1-2-23-20-6-4-3-5-17(20)18-13-16(7-8-21(18)23)24-19(9-11-22-24)15-10-12-25-14-15;1-3-22-19-7-5-4-6-17(19)18-14-16(8-9-20(18)22)23-15(10-12-21-23)11-13-26-27(2,24)25;1-3-14-11-12-20-22(14)15-9-10-19-17(13-15)16-7-5-6-8-18(16)21(19)4-2/h3-20H,2H2,1H3;3-15H,2H2,1H3;3-14H,2H2,1H3;4-10,12,14H,3,11,13H2,1-2H3;3,5-13H,1,4H2,2H3. The number of benzene rings is 12. The predicted molar refractivity (Wildman–Crippen MR) is 544 cm³/mol. The Kier molecular flexibility index (Phi) is 23.8. The van der Waals surface area contributed by atoms with E-state index in [0.717, 1.165) is 119 Å². The Labute approximate surface area is 773 Å². The molecule has 0 aliphatic rings. The number of hydrogen-bond acceptors (Lipinski definition) is 11. The second kappa shape index (κ2) is 37.2. The van der Waals surface area contributed by atoms with Crippen molar-refractivity contribution in [2.24, 2.45) is 0 Å². The lowest BCUT2D eigenvalue weighted by Gasteiger charge is -2.10. The first-order valence-electron chi connectivity index (χ1n) is 44.9. The van der Waals surface area contributed by atoms with Crippen molar-refractivity contribution in [1.82, 2.24) is 76.7 Å². The summed E-state index contributed by atoms with van der Waals surface area (Å²) in [5, 5.41) is 39.4. The number of fused-ring (bicyclic) bond motifs is 15. The third-order valence-corrected chi connectivity index (χ3v) is 25.9. The van der Waals surface area contributed by atoms with E-state index < -0.39 is 10.1 Å². The Morgan fingerprint density at radius 2 is 0.669 bits per heavy atom. The van der Waals surface area contributed by atoms with Crippen LogP contribution in [-0.2, 0) is 53.4 Å². The highest BCUT2D eigenvalue weighted by Crippen LogP contribution is 2.39. The number of pyridine rings is 1. The quantitative estimate of drug-likeness (QED) is 0.0667. The Balaban J connectivity index is 0.000000104. The average Bonchev–Trinajstić information content (AvgIpc) is 1.61. The van der Waals surface area contributed by atoms with Crippen molar-refractivity contribution in [2.45, 2.75) is 73.8 Å². The average molecular weight is 1780 g/mol. The first-order valence-corrected chi connectivity index (χ1v) is 47.6. The molecule has 0 N–H and O–H groups in total. The van der Waals surface area contributed by atoms with Crippen LogP contribution in [0.4, 0.5) is 0 Å². The van der Waals surface area contributed by atoms with E-state index >= 15 is 0 Å². The number of aromatic nitrogens is 16. The van der Waals surface area contributed by atoms with Gasteiger partial charge in [-0.3, -0.25) is 9.17 Å². The number of thiophene rings is 1. The van der Waals surface area contributed by atoms with E-state index in [4.69, 9.17) is 8.92 Å². The molecule has 0 saturated heterocycles. The second-order valence-corrected chi connectivity index (χ2v) is 34.7. The normalized spacial score (nSPS) is 11.6. The molecule has 22 heteroatoms. The minimum absolute atomic E-state index is 0.0991. The molecule has 656 valence electrons. The fourth-order valence-electron chi connectivity index (χ4n) is 18.7. The van der Waals surface area contributed by atoms with Gasteiger partial charge in [0.25, 0.3) is 10.1 Å². The van der Waals surface area contributed by atoms with Gasteiger partial charge in [-0.2, -0.15) is 45.2 Å². The van der Waals surface area contributed by atoms with Crippen LogP contribution in [0.25, 0.3) is 177 Å². The fraction of sp³-hybridized carbons (Fsp3) is 0.117. The van der Waals surface area contributed by atoms with Crippen LogP contribution in [0, 0.1) is 0 Å². The molecule has 12 heterocycles. The smallest absolute Gasteiger partial charge is 0.264 e. The van der Waals surface area contributed by atoms with E-state index in [9.17, 15) is 8.42 Å². The van der Waals surface area contributed by atoms with Gasteiger partial charge in [0.2, 0.25) is 0 Å². The maximum absolute atomic E-state index is 11.2. The maximum Gasteiger partial charge on any atom is 0.264 e. The van der Waals surface area contributed by atoms with E-state index in [-0.39, 0.29) is 6.61 Å². The lowest BCUT2D eigenvalue weighted by Crippen LogP contribution is -2.09. The van der Waals surface area contributed by atoms with Crippen LogP contribution in [0.1, 0.15) is 46.0 Å². The summed E-state index contributed by atoms with van der Waals surface area (Å²) in [6.45, 7) is 19.6. The maximum atomic E-state index is 11.2. The molecular formula is C111H96N16O4S2. The summed E-state index contributed by atoms with van der Waals surface area (Å²) in [4.78, 5) is 4.47. The van der Waals surface area contributed by atoms with Crippen molar-refractivity contribution in [3.8, 4) is 73.8 Å². The summed E-state index contributed by atoms with van der Waals surface area (Å²) in [6.07, 6.45) is 14.2. The molecule has 12 aromatic heterocycles. The molecule has 24 rings (SSSR count). The number of nitrogens with zero attached hydrogens (tertiary/aromatic N) is 16. The van der Waals surface area contributed by atoms with Crippen LogP contribution in [0.5, 0.6) is 11.5 Å². The zero-order valence-electron chi connectivity index (χ0n) is 74.6. The Morgan fingerprint density at radius 3 is 1.07 bits per heavy atom. The second-order valence-electron chi connectivity index (χ2n) is 32.2. The largest absolute Gasteiger partial charge is 0.457 e. The van der Waals surface area contributed by atoms with Crippen molar-refractivity contribution in [3.63, 3.8) is 0 Å². The molecule has 0 radical (unpaired) electrons. The highest BCUT2D eigenvalue weighted by Gasteiger charge is 2.21. The summed E-state index contributed by atoms with van der Waals surface area (Å²) < 4.78 is 54.6. The molecule has 0 amide bonds. The molecule has 0 aliphatic carbocycles. The van der Waals surface area contributed by atoms with Crippen LogP contribution >= 0.6 is 11.3 Å². The van der Waals surface area contributed by atoms with Gasteiger partial charge in [0.05, 0.1) is 94.6 Å². The van der Waals surface area contributed by atoms with Gasteiger partial charge in [-0.15, -0.1) is 0 Å². The molecule has 20 nitrogen and oxygen atoms in total. The van der Waals surface area contributed by atoms with Crippen molar-refractivity contribution < 1.29 is 17.3 Å². The number of hydrogen-bond donors (Lipinski definition) is 0. The molecule has 0 spiro atoms. The van der Waals surface area contributed by atoms with E-state index in [2.05, 4.69) is 336 Å². The molecule has 0 saturated carbocycles. The molecule has 0 fully saturated rings. The highest BCUT2D eigenvalue weighted by atomic mass is 32.2. The van der Waals surface area contributed by atoms with E-state index in [1.54, 1.807) is 23.7 Å². The van der Waals surface area contributed by atoms with Crippen LogP contribution in [0.2, 0.25) is 0 Å². The topological polar surface area (TPSA) is 179 Å². The molecular weight excluding hydrogens is 1690 g/mol. The summed E-state index contributed by atoms with van der Waals surface area (Å²) >= 11 is 1.71.